The lowest BCUT2D eigenvalue weighted by atomic mass is 10.0. The van der Waals surface area contributed by atoms with Gasteiger partial charge in [0.05, 0.1) is 5.69 Å². The van der Waals surface area contributed by atoms with Crippen LogP contribution in [0.4, 0.5) is 10.2 Å². The van der Waals surface area contributed by atoms with Gasteiger partial charge in [-0.15, -0.1) is 0 Å². The molecule has 0 fully saturated rings. The van der Waals surface area contributed by atoms with Crippen LogP contribution in [-0.2, 0) is 0 Å². The van der Waals surface area contributed by atoms with E-state index in [1.54, 1.807) is 6.07 Å². The number of aryl methyl sites for hydroxylation is 1. The smallest absolute Gasteiger partial charge is 0.133 e. The van der Waals surface area contributed by atoms with Crippen LogP contribution in [-0.4, -0.2) is 17.0 Å². The SMILES string of the molecule is CNc1cc(-c2ccc(F)cc2C)nc(C(C)C)n1. The summed E-state index contributed by atoms with van der Waals surface area (Å²) in [6, 6.07) is 6.62. The van der Waals surface area contributed by atoms with Crippen LogP contribution in [0, 0.1) is 12.7 Å². The highest BCUT2D eigenvalue weighted by molar-refractivity contribution is 5.66. The van der Waals surface area contributed by atoms with Crippen molar-refractivity contribution in [2.45, 2.75) is 26.7 Å². The second-order valence-corrected chi connectivity index (χ2v) is 4.86. The number of hydrogen-bond acceptors (Lipinski definition) is 3. The Morgan fingerprint density at radius 1 is 1.16 bits per heavy atom. The van der Waals surface area contributed by atoms with Crippen molar-refractivity contribution in [3.63, 3.8) is 0 Å². The Morgan fingerprint density at radius 3 is 2.47 bits per heavy atom. The molecule has 0 radical (unpaired) electrons. The second-order valence-electron chi connectivity index (χ2n) is 4.86. The molecule has 0 amide bonds. The number of halogens is 1. The molecule has 4 heteroatoms. The van der Waals surface area contributed by atoms with E-state index in [0.29, 0.717) is 0 Å². The molecule has 0 spiro atoms. The topological polar surface area (TPSA) is 37.8 Å². The van der Waals surface area contributed by atoms with Gasteiger partial charge in [0.25, 0.3) is 0 Å². The third-order valence-electron chi connectivity index (χ3n) is 2.98. The van der Waals surface area contributed by atoms with Crippen LogP contribution in [0.3, 0.4) is 0 Å². The predicted octanol–water partition coefficient (Wildman–Crippen LogP) is 3.76. The van der Waals surface area contributed by atoms with Gasteiger partial charge in [0.2, 0.25) is 0 Å². The molecule has 1 aromatic heterocycles. The molecule has 0 aliphatic heterocycles. The number of hydrogen-bond donors (Lipinski definition) is 1. The highest BCUT2D eigenvalue weighted by atomic mass is 19.1. The summed E-state index contributed by atoms with van der Waals surface area (Å²) in [5.41, 5.74) is 2.62. The summed E-state index contributed by atoms with van der Waals surface area (Å²) in [6.45, 7) is 5.99. The lowest BCUT2D eigenvalue weighted by Crippen LogP contribution is -2.03. The molecule has 0 unspecified atom stereocenters. The van der Waals surface area contributed by atoms with Gasteiger partial charge in [0, 0.05) is 24.6 Å². The van der Waals surface area contributed by atoms with Crippen LogP contribution in [0.2, 0.25) is 0 Å². The number of anilines is 1. The number of aromatic nitrogens is 2. The van der Waals surface area contributed by atoms with E-state index in [1.165, 1.54) is 12.1 Å². The Balaban J connectivity index is 2.57. The predicted molar refractivity (Wildman–Crippen MR) is 75.8 cm³/mol. The van der Waals surface area contributed by atoms with Gasteiger partial charge in [-0.3, -0.25) is 0 Å². The Bertz CT molecular complexity index is 594. The van der Waals surface area contributed by atoms with E-state index in [9.17, 15) is 4.39 Å². The van der Waals surface area contributed by atoms with E-state index in [-0.39, 0.29) is 11.7 Å². The summed E-state index contributed by atoms with van der Waals surface area (Å²) in [5, 5.41) is 3.04. The average Bonchev–Trinajstić information content (AvgIpc) is 2.38. The molecule has 1 N–H and O–H groups in total. The first-order chi connectivity index (χ1) is 9.01. The Morgan fingerprint density at radius 2 is 1.89 bits per heavy atom. The van der Waals surface area contributed by atoms with Crippen molar-refractivity contribution in [3.8, 4) is 11.3 Å². The molecule has 0 aliphatic rings. The van der Waals surface area contributed by atoms with Crippen molar-refractivity contribution in [2.75, 3.05) is 12.4 Å². The van der Waals surface area contributed by atoms with Crippen molar-refractivity contribution in [2.24, 2.45) is 0 Å². The number of benzene rings is 1. The molecule has 0 atom stereocenters. The molecule has 2 rings (SSSR count). The summed E-state index contributed by atoms with van der Waals surface area (Å²) in [4.78, 5) is 9.00. The first kappa shape index (κ1) is 13.5. The molecular formula is C15H18FN3. The minimum Gasteiger partial charge on any atom is -0.373 e. The molecular weight excluding hydrogens is 241 g/mol. The molecule has 0 bridgehead atoms. The fraction of sp³-hybridized carbons (Fsp3) is 0.333. The quantitative estimate of drug-likeness (QED) is 0.912. The van der Waals surface area contributed by atoms with E-state index in [4.69, 9.17) is 0 Å². The minimum absolute atomic E-state index is 0.228. The van der Waals surface area contributed by atoms with Gasteiger partial charge in [-0.25, -0.2) is 14.4 Å². The fourth-order valence-corrected chi connectivity index (χ4v) is 1.90. The Hall–Kier alpha value is -1.97. The third kappa shape index (κ3) is 2.89. The van der Waals surface area contributed by atoms with Crippen molar-refractivity contribution >= 4 is 5.82 Å². The summed E-state index contributed by atoms with van der Waals surface area (Å²) in [7, 11) is 1.83. The van der Waals surface area contributed by atoms with E-state index in [1.807, 2.05) is 20.0 Å². The largest absolute Gasteiger partial charge is 0.373 e. The molecule has 0 saturated heterocycles. The maximum atomic E-state index is 13.2. The van der Waals surface area contributed by atoms with Gasteiger partial charge in [0.1, 0.15) is 17.5 Å². The molecule has 2 aromatic rings. The molecule has 0 aliphatic carbocycles. The molecule has 19 heavy (non-hydrogen) atoms. The zero-order valence-electron chi connectivity index (χ0n) is 11.7. The summed E-state index contributed by atoms with van der Waals surface area (Å²) in [5.74, 6) is 1.57. The number of nitrogens with zero attached hydrogens (tertiary/aromatic N) is 2. The fourth-order valence-electron chi connectivity index (χ4n) is 1.90. The lowest BCUT2D eigenvalue weighted by molar-refractivity contribution is 0.627. The Kier molecular flexibility index (Phi) is 3.79. The van der Waals surface area contributed by atoms with Crippen molar-refractivity contribution in [1.82, 2.24) is 9.97 Å². The van der Waals surface area contributed by atoms with Crippen LogP contribution in [0.5, 0.6) is 0 Å². The van der Waals surface area contributed by atoms with Crippen molar-refractivity contribution < 1.29 is 4.39 Å². The second kappa shape index (κ2) is 5.34. The zero-order valence-corrected chi connectivity index (χ0v) is 11.7. The molecule has 100 valence electrons. The van der Waals surface area contributed by atoms with Gasteiger partial charge in [0.15, 0.2) is 0 Å². The van der Waals surface area contributed by atoms with Gasteiger partial charge >= 0.3 is 0 Å². The third-order valence-corrected chi connectivity index (χ3v) is 2.98. The summed E-state index contributed by atoms with van der Waals surface area (Å²) < 4.78 is 13.2. The van der Waals surface area contributed by atoms with Crippen LogP contribution in [0.1, 0.15) is 31.2 Å². The van der Waals surface area contributed by atoms with Crippen molar-refractivity contribution in [3.05, 3.63) is 41.5 Å². The van der Waals surface area contributed by atoms with Gasteiger partial charge < -0.3 is 5.32 Å². The van der Waals surface area contributed by atoms with E-state index in [2.05, 4.69) is 29.1 Å². The van der Waals surface area contributed by atoms with Gasteiger partial charge in [-0.05, 0) is 30.7 Å². The van der Waals surface area contributed by atoms with E-state index in [0.717, 1.165) is 28.5 Å². The monoisotopic (exact) mass is 259 g/mol. The van der Waals surface area contributed by atoms with Crippen molar-refractivity contribution in [1.29, 1.82) is 0 Å². The summed E-state index contributed by atoms with van der Waals surface area (Å²) >= 11 is 0. The number of nitrogens with one attached hydrogen (secondary N) is 1. The normalized spacial score (nSPS) is 10.8. The Labute approximate surface area is 112 Å². The lowest BCUT2D eigenvalue weighted by Gasteiger charge is -2.11. The van der Waals surface area contributed by atoms with Crippen LogP contribution < -0.4 is 5.32 Å². The minimum atomic E-state index is -0.228. The van der Waals surface area contributed by atoms with E-state index >= 15 is 0 Å². The van der Waals surface area contributed by atoms with Gasteiger partial charge in [-0.2, -0.15) is 0 Å². The molecule has 1 aromatic carbocycles. The zero-order chi connectivity index (χ0) is 14.0. The van der Waals surface area contributed by atoms with Crippen LogP contribution in [0.25, 0.3) is 11.3 Å². The average molecular weight is 259 g/mol. The van der Waals surface area contributed by atoms with E-state index < -0.39 is 0 Å². The standard InChI is InChI=1S/C15H18FN3/c1-9(2)15-18-13(8-14(17-4)19-15)12-6-5-11(16)7-10(12)3/h5-9H,1-4H3,(H,17,18,19). The highest BCUT2D eigenvalue weighted by Crippen LogP contribution is 2.25. The maximum Gasteiger partial charge on any atom is 0.133 e. The first-order valence-electron chi connectivity index (χ1n) is 6.34. The molecule has 3 nitrogen and oxygen atoms in total. The summed E-state index contributed by atoms with van der Waals surface area (Å²) in [6.07, 6.45) is 0. The highest BCUT2D eigenvalue weighted by Gasteiger charge is 2.11. The molecule has 1 heterocycles. The maximum absolute atomic E-state index is 13.2. The van der Waals surface area contributed by atoms with Gasteiger partial charge in [-0.1, -0.05) is 13.8 Å². The number of rotatable bonds is 3. The van der Waals surface area contributed by atoms with Crippen LogP contribution >= 0.6 is 0 Å². The van der Waals surface area contributed by atoms with Crippen LogP contribution in [0.15, 0.2) is 24.3 Å². The first-order valence-corrected chi connectivity index (χ1v) is 6.34. The molecule has 0 saturated carbocycles.